The molecule has 0 aromatic heterocycles. The fourth-order valence-corrected chi connectivity index (χ4v) is 0.462. The first-order valence-electron chi connectivity index (χ1n) is 3.14. The van der Waals surface area contributed by atoms with Gasteiger partial charge >= 0.3 is 0 Å². The number of nitrogens with zero attached hydrogens (tertiary/aromatic N) is 2. The van der Waals surface area contributed by atoms with Crippen molar-refractivity contribution in [1.82, 2.24) is 0 Å². The van der Waals surface area contributed by atoms with Crippen molar-refractivity contribution in [3.8, 4) is 24.0 Å². The monoisotopic (exact) mass is 154 g/mol. The summed E-state index contributed by atoms with van der Waals surface area (Å²) in [5.41, 5.74) is 0.456. The average molecular weight is 154 g/mol. The normalized spacial score (nSPS) is 9.33. The Morgan fingerprint density at radius 3 is 2.58 bits per heavy atom. The summed E-state index contributed by atoms with van der Waals surface area (Å²) in [6.07, 6.45) is 6.04. The summed E-state index contributed by atoms with van der Waals surface area (Å²) in [5.74, 6) is 4.62. The number of nitriles is 2. The molecule has 0 unspecified atom stereocenters. The third kappa shape index (κ3) is 4.62. The highest BCUT2D eigenvalue weighted by Crippen LogP contribution is 1.93. The number of hydrogen-bond donors (Lipinski definition) is 0. The Balaban J connectivity index is 4.36. The van der Waals surface area contributed by atoms with Gasteiger partial charge in [0, 0.05) is 5.92 Å². The van der Waals surface area contributed by atoms with E-state index >= 15 is 0 Å². The summed E-state index contributed by atoms with van der Waals surface area (Å²) in [7, 11) is 0. The lowest BCUT2D eigenvalue weighted by molar-refractivity contribution is 1.50. The van der Waals surface area contributed by atoms with Crippen molar-refractivity contribution in [2.75, 3.05) is 0 Å². The Labute approximate surface area is 71.7 Å². The van der Waals surface area contributed by atoms with Crippen LogP contribution in [0.4, 0.5) is 0 Å². The lowest BCUT2D eigenvalue weighted by Crippen LogP contribution is -1.67. The Hall–Kier alpha value is -2.24. The molecule has 0 heterocycles. The fourth-order valence-electron chi connectivity index (χ4n) is 0.462. The van der Waals surface area contributed by atoms with Crippen molar-refractivity contribution in [2.24, 2.45) is 0 Å². The summed E-state index contributed by atoms with van der Waals surface area (Å²) >= 11 is 0. The first-order valence-corrected chi connectivity index (χ1v) is 3.14. The summed E-state index contributed by atoms with van der Waals surface area (Å²) in [5, 5.41) is 16.5. The van der Waals surface area contributed by atoms with Crippen molar-refractivity contribution in [2.45, 2.75) is 0 Å². The molecule has 0 saturated carbocycles. The molecule has 0 radical (unpaired) electrons. The van der Waals surface area contributed by atoms with Gasteiger partial charge in [-0.05, 0) is 18.2 Å². The molecule has 56 valence electrons. The molecule has 12 heavy (non-hydrogen) atoms. The Kier molecular flexibility index (Phi) is 5.59. The smallest absolute Gasteiger partial charge is 0.152 e. The van der Waals surface area contributed by atoms with Crippen LogP contribution in [0.1, 0.15) is 0 Å². The Morgan fingerprint density at radius 1 is 1.33 bits per heavy atom. The third-order valence-corrected chi connectivity index (χ3v) is 0.901. The van der Waals surface area contributed by atoms with Crippen LogP contribution >= 0.6 is 0 Å². The molecule has 0 aromatic carbocycles. The molecule has 2 nitrogen and oxygen atoms in total. The first-order chi connectivity index (χ1) is 5.85. The predicted octanol–water partition coefficient (Wildman–Crippen LogP) is 1.71. The average Bonchev–Trinajstić information content (AvgIpc) is 2.10. The van der Waals surface area contributed by atoms with Gasteiger partial charge in [-0.15, -0.1) is 0 Å². The molecule has 0 N–H and O–H groups in total. The van der Waals surface area contributed by atoms with E-state index in [2.05, 4.69) is 18.4 Å². The van der Waals surface area contributed by atoms with E-state index in [1.54, 1.807) is 12.1 Å². The van der Waals surface area contributed by atoms with Gasteiger partial charge in [0.05, 0.1) is 11.6 Å². The van der Waals surface area contributed by atoms with Gasteiger partial charge < -0.3 is 0 Å². The van der Waals surface area contributed by atoms with Gasteiger partial charge in [-0.2, -0.15) is 10.5 Å². The summed E-state index contributed by atoms with van der Waals surface area (Å²) in [6.45, 7) is 3.44. The maximum Gasteiger partial charge on any atom is 0.152 e. The molecule has 0 saturated heterocycles. The molecule has 0 rings (SSSR count). The van der Waals surface area contributed by atoms with Crippen LogP contribution in [0.5, 0.6) is 0 Å². The summed E-state index contributed by atoms with van der Waals surface area (Å²) in [4.78, 5) is 0. The second-order valence-corrected chi connectivity index (χ2v) is 1.68. The molecule has 2 heteroatoms. The van der Waals surface area contributed by atoms with Crippen LogP contribution in [-0.4, -0.2) is 0 Å². The quantitative estimate of drug-likeness (QED) is 0.345. The molecule has 0 fully saturated rings. The van der Waals surface area contributed by atoms with E-state index < -0.39 is 0 Å². The minimum atomic E-state index is 0.456. The number of rotatable bonds is 2. The largest absolute Gasteiger partial charge is 0.192 e. The van der Waals surface area contributed by atoms with Crippen molar-refractivity contribution in [3.05, 3.63) is 36.5 Å². The molecule has 0 spiro atoms. The lowest BCUT2D eigenvalue weighted by Gasteiger charge is -1.79. The van der Waals surface area contributed by atoms with E-state index in [0.29, 0.717) is 5.57 Å². The maximum absolute atomic E-state index is 8.48. The first kappa shape index (κ1) is 9.76. The molecule has 0 aliphatic carbocycles. The van der Waals surface area contributed by atoms with Crippen molar-refractivity contribution in [1.29, 1.82) is 10.5 Å². The van der Waals surface area contributed by atoms with Crippen molar-refractivity contribution < 1.29 is 0 Å². The van der Waals surface area contributed by atoms with E-state index in [0.717, 1.165) is 0 Å². The zero-order valence-corrected chi connectivity index (χ0v) is 6.41. The van der Waals surface area contributed by atoms with E-state index in [4.69, 9.17) is 10.5 Å². The van der Waals surface area contributed by atoms with Gasteiger partial charge in [-0.3, -0.25) is 0 Å². The summed E-state index contributed by atoms with van der Waals surface area (Å²) in [6, 6.07) is 3.59. The summed E-state index contributed by atoms with van der Waals surface area (Å²) < 4.78 is 0. The van der Waals surface area contributed by atoms with Crippen LogP contribution in [0.15, 0.2) is 36.5 Å². The minimum Gasteiger partial charge on any atom is -0.192 e. The number of allylic oxidation sites excluding steroid dienone is 5. The highest BCUT2D eigenvalue weighted by atomic mass is 14.2. The Morgan fingerprint density at radius 2 is 2.08 bits per heavy atom. The van der Waals surface area contributed by atoms with E-state index in [1.165, 1.54) is 18.2 Å². The van der Waals surface area contributed by atoms with Crippen LogP contribution < -0.4 is 0 Å². The van der Waals surface area contributed by atoms with Crippen LogP contribution in [0.2, 0.25) is 0 Å². The zero-order chi connectivity index (χ0) is 9.23. The van der Waals surface area contributed by atoms with Crippen LogP contribution in [0.25, 0.3) is 0 Å². The van der Waals surface area contributed by atoms with Gasteiger partial charge in [0.25, 0.3) is 0 Å². The van der Waals surface area contributed by atoms with Gasteiger partial charge in [0.2, 0.25) is 0 Å². The SMILES string of the molecule is C=C/C=C(C#N)\C=C\C#CC#N. The fraction of sp³-hybridized carbons (Fsp3) is 0. The van der Waals surface area contributed by atoms with Gasteiger partial charge in [-0.1, -0.05) is 18.6 Å². The van der Waals surface area contributed by atoms with E-state index in [9.17, 15) is 0 Å². The number of hydrogen-bond acceptors (Lipinski definition) is 2. The highest BCUT2D eigenvalue weighted by molar-refractivity contribution is 5.39. The second-order valence-electron chi connectivity index (χ2n) is 1.68. The zero-order valence-electron chi connectivity index (χ0n) is 6.41. The van der Waals surface area contributed by atoms with E-state index in [1.807, 2.05) is 6.07 Å². The lowest BCUT2D eigenvalue weighted by atomic mass is 10.2. The van der Waals surface area contributed by atoms with Gasteiger partial charge in [-0.25, -0.2) is 0 Å². The molecular weight excluding hydrogens is 148 g/mol. The minimum absolute atomic E-state index is 0.456. The van der Waals surface area contributed by atoms with Crippen molar-refractivity contribution in [3.63, 3.8) is 0 Å². The molecule has 0 aliphatic heterocycles. The highest BCUT2D eigenvalue weighted by Gasteiger charge is 1.81. The molecular formula is C10H6N2. The molecule has 0 bridgehead atoms. The maximum atomic E-state index is 8.48. The molecule has 0 aromatic rings. The second kappa shape index (κ2) is 6.87. The van der Waals surface area contributed by atoms with Gasteiger partial charge in [0.1, 0.15) is 0 Å². The molecule has 0 atom stereocenters. The topological polar surface area (TPSA) is 47.6 Å². The van der Waals surface area contributed by atoms with Crippen molar-refractivity contribution >= 4 is 0 Å². The molecule has 0 aliphatic rings. The standard InChI is InChI=1S/C10H6N2/c1-2-6-10(9-12)7-4-3-5-8-11/h2,4,6-7H,1H2/b7-4+,10-6+. The van der Waals surface area contributed by atoms with E-state index in [-0.39, 0.29) is 0 Å². The van der Waals surface area contributed by atoms with Crippen LogP contribution in [0.3, 0.4) is 0 Å². The van der Waals surface area contributed by atoms with Crippen LogP contribution in [-0.2, 0) is 0 Å². The third-order valence-electron chi connectivity index (χ3n) is 0.901. The molecule has 0 amide bonds. The predicted molar refractivity (Wildman–Crippen MR) is 46.4 cm³/mol. The van der Waals surface area contributed by atoms with Crippen LogP contribution in [0, 0.1) is 34.5 Å². The van der Waals surface area contributed by atoms with Gasteiger partial charge in [0.15, 0.2) is 6.07 Å². The Bertz CT molecular complexity index is 348.